The predicted molar refractivity (Wildman–Crippen MR) is 61.8 cm³/mol. The third kappa shape index (κ3) is 10.2. The van der Waals surface area contributed by atoms with Crippen LogP contribution in [0.1, 0.15) is 13.3 Å². The molecule has 0 aromatic heterocycles. The molecule has 0 aromatic carbocycles. The second-order valence-corrected chi connectivity index (χ2v) is 3.55. The molecular weight excluding hydrogens is 299 g/mol. The van der Waals surface area contributed by atoms with Crippen LogP contribution in [0.5, 0.6) is 0 Å². The molecule has 0 fully saturated rings. The van der Waals surface area contributed by atoms with E-state index >= 15 is 0 Å². The van der Waals surface area contributed by atoms with Gasteiger partial charge in [0.25, 0.3) is 0 Å². The molecule has 0 N–H and O–H groups in total. The summed E-state index contributed by atoms with van der Waals surface area (Å²) in [6.45, 7) is 4.50. The van der Waals surface area contributed by atoms with E-state index in [9.17, 15) is 4.79 Å². The van der Waals surface area contributed by atoms with Crippen molar-refractivity contribution in [3.05, 3.63) is 0 Å². The highest BCUT2D eigenvalue weighted by atomic mass is 127. The van der Waals surface area contributed by atoms with Crippen LogP contribution >= 0.6 is 22.6 Å². The van der Waals surface area contributed by atoms with Crippen LogP contribution in [0, 0.1) is 0 Å². The lowest BCUT2D eigenvalue weighted by Crippen LogP contribution is -2.11. The molecule has 0 bridgehead atoms. The SMILES string of the molecule is CCOC(=O)CCOCCOCCI. The lowest BCUT2D eigenvalue weighted by Gasteiger charge is -2.04. The van der Waals surface area contributed by atoms with Crippen LogP contribution < -0.4 is 0 Å². The highest BCUT2D eigenvalue weighted by Crippen LogP contribution is 1.89. The fourth-order valence-electron chi connectivity index (χ4n) is 0.765. The smallest absolute Gasteiger partial charge is 0.308 e. The molecule has 0 aliphatic carbocycles. The van der Waals surface area contributed by atoms with Crippen LogP contribution in [0.3, 0.4) is 0 Å². The zero-order valence-electron chi connectivity index (χ0n) is 8.46. The molecule has 84 valence electrons. The Morgan fingerprint density at radius 3 is 2.36 bits per heavy atom. The van der Waals surface area contributed by atoms with Crippen LogP contribution in [0.25, 0.3) is 0 Å². The largest absolute Gasteiger partial charge is 0.466 e. The quantitative estimate of drug-likeness (QED) is 0.279. The first kappa shape index (κ1) is 14.1. The molecule has 0 rings (SSSR count). The van der Waals surface area contributed by atoms with E-state index in [2.05, 4.69) is 22.6 Å². The van der Waals surface area contributed by atoms with Crippen LogP contribution in [-0.4, -0.2) is 43.4 Å². The molecule has 0 aromatic rings. The van der Waals surface area contributed by atoms with E-state index < -0.39 is 0 Å². The number of hydrogen-bond acceptors (Lipinski definition) is 4. The summed E-state index contributed by atoms with van der Waals surface area (Å²) >= 11 is 2.25. The monoisotopic (exact) mass is 316 g/mol. The molecule has 5 heteroatoms. The molecule has 14 heavy (non-hydrogen) atoms. The third-order valence-corrected chi connectivity index (χ3v) is 1.79. The van der Waals surface area contributed by atoms with Crippen molar-refractivity contribution in [2.24, 2.45) is 0 Å². The molecule has 0 aliphatic rings. The van der Waals surface area contributed by atoms with Crippen molar-refractivity contribution in [3.8, 4) is 0 Å². The first-order chi connectivity index (χ1) is 6.81. The zero-order valence-corrected chi connectivity index (χ0v) is 10.6. The molecule has 0 atom stereocenters. The average molecular weight is 316 g/mol. The van der Waals surface area contributed by atoms with Crippen molar-refractivity contribution in [1.82, 2.24) is 0 Å². The Morgan fingerprint density at radius 1 is 1.14 bits per heavy atom. The Kier molecular flexibility index (Phi) is 11.3. The Balaban J connectivity index is 3.01. The molecular formula is C9H17IO4. The molecule has 0 saturated heterocycles. The zero-order chi connectivity index (χ0) is 10.6. The maximum Gasteiger partial charge on any atom is 0.308 e. The lowest BCUT2D eigenvalue weighted by molar-refractivity contribution is -0.144. The molecule has 4 nitrogen and oxygen atoms in total. The first-order valence-corrected chi connectivity index (χ1v) is 6.21. The van der Waals surface area contributed by atoms with E-state index in [-0.39, 0.29) is 5.97 Å². The van der Waals surface area contributed by atoms with Gasteiger partial charge in [-0.3, -0.25) is 4.79 Å². The van der Waals surface area contributed by atoms with Gasteiger partial charge in [-0.15, -0.1) is 0 Å². The molecule has 0 spiro atoms. The summed E-state index contributed by atoms with van der Waals surface area (Å²) in [5.41, 5.74) is 0. The second kappa shape index (κ2) is 11.2. The lowest BCUT2D eigenvalue weighted by atomic mass is 10.5. The summed E-state index contributed by atoms with van der Waals surface area (Å²) in [5, 5.41) is 0. The number of carbonyl (C=O) groups is 1. The van der Waals surface area contributed by atoms with Crippen LogP contribution in [0.4, 0.5) is 0 Å². The summed E-state index contributed by atoms with van der Waals surface area (Å²) in [4.78, 5) is 10.8. The average Bonchev–Trinajstić information content (AvgIpc) is 2.17. The predicted octanol–water partition coefficient (Wildman–Crippen LogP) is 1.41. The van der Waals surface area contributed by atoms with Gasteiger partial charge in [-0.1, -0.05) is 22.6 Å². The van der Waals surface area contributed by atoms with E-state index in [1.807, 2.05) is 0 Å². The summed E-state index contributed by atoms with van der Waals surface area (Å²) in [6.07, 6.45) is 0.320. The fraction of sp³-hybridized carbons (Fsp3) is 0.889. The van der Waals surface area contributed by atoms with Gasteiger partial charge in [0, 0.05) is 4.43 Å². The number of rotatable bonds is 9. The second-order valence-electron chi connectivity index (χ2n) is 2.47. The van der Waals surface area contributed by atoms with Crippen LogP contribution in [0.2, 0.25) is 0 Å². The van der Waals surface area contributed by atoms with Crippen LogP contribution in [-0.2, 0) is 19.0 Å². The van der Waals surface area contributed by atoms with Crippen molar-refractivity contribution in [3.63, 3.8) is 0 Å². The minimum Gasteiger partial charge on any atom is -0.466 e. The number of halogens is 1. The molecule has 0 unspecified atom stereocenters. The maximum atomic E-state index is 10.8. The fourth-order valence-corrected chi connectivity index (χ4v) is 1.08. The number of alkyl halides is 1. The highest BCUT2D eigenvalue weighted by molar-refractivity contribution is 14.1. The Bertz CT molecular complexity index is 141. The first-order valence-electron chi connectivity index (χ1n) is 4.68. The third-order valence-electron chi connectivity index (χ3n) is 1.35. The van der Waals surface area contributed by atoms with Gasteiger partial charge in [-0.05, 0) is 6.92 Å². The van der Waals surface area contributed by atoms with Crippen molar-refractivity contribution < 1.29 is 19.0 Å². The summed E-state index contributed by atoms with van der Waals surface area (Å²) < 4.78 is 16.1. The molecule has 0 amide bonds. The van der Waals surface area contributed by atoms with Gasteiger partial charge in [0.05, 0.1) is 39.5 Å². The number of hydrogen-bond donors (Lipinski definition) is 0. The van der Waals surface area contributed by atoms with E-state index in [4.69, 9.17) is 14.2 Å². The molecule has 0 radical (unpaired) electrons. The summed E-state index contributed by atoms with van der Waals surface area (Å²) in [7, 11) is 0. The van der Waals surface area contributed by atoms with Gasteiger partial charge in [-0.2, -0.15) is 0 Å². The molecule has 0 heterocycles. The van der Waals surface area contributed by atoms with Gasteiger partial charge < -0.3 is 14.2 Å². The van der Waals surface area contributed by atoms with Gasteiger partial charge in [-0.25, -0.2) is 0 Å². The minimum absolute atomic E-state index is 0.208. The van der Waals surface area contributed by atoms with Crippen molar-refractivity contribution >= 4 is 28.6 Å². The van der Waals surface area contributed by atoms with E-state index in [1.54, 1.807) is 6.92 Å². The Hall–Kier alpha value is 0.120. The van der Waals surface area contributed by atoms with Crippen molar-refractivity contribution in [2.45, 2.75) is 13.3 Å². The molecule has 0 saturated carbocycles. The van der Waals surface area contributed by atoms with Gasteiger partial charge in [0.1, 0.15) is 0 Å². The minimum atomic E-state index is -0.208. The topological polar surface area (TPSA) is 44.8 Å². The maximum absolute atomic E-state index is 10.8. The van der Waals surface area contributed by atoms with E-state index in [0.29, 0.717) is 32.8 Å². The van der Waals surface area contributed by atoms with Gasteiger partial charge in [0.2, 0.25) is 0 Å². The number of esters is 1. The van der Waals surface area contributed by atoms with E-state index in [1.165, 1.54) is 0 Å². The Labute approximate surface area is 98.4 Å². The normalized spacial score (nSPS) is 10.1. The highest BCUT2D eigenvalue weighted by Gasteiger charge is 2.00. The number of carbonyl (C=O) groups excluding carboxylic acids is 1. The standard InChI is InChI=1S/C9H17IO4/c1-2-14-9(11)3-5-12-7-8-13-6-4-10/h2-8H2,1H3. The summed E-state index contributed by atoms with van der Waals surface area (Å²) in [5.74, 6) is -0.208. The van der Waals surface area contributed by atoms with Gasteiger partial charge >= 0.3 is 5.97 Å². The molecule has 0 aliphatic heterocycles. The van der Waals surface area contributed by atoms with Crippen molar-refractivity contribution in [2.75, 3.05) is 37.5 Å². The van der Waals surface area contributed by atoms with Crippen molar-refractivity contribution in [1.29, 1.82) is 0 Å². The Morgan fingerprint density at radius 2 is 1.79 bits per heavy atom. The van der Waals surface area contributed by atoms with Crippen LogP contribution in [0.15, 0.2) is 0 Å². The van der Waals surface area contributed by atoms with Gasteiger partial charge in [0.15, 0.2) is 0 Å². The van der Waals surface area contributed by atoms with E-state index in [0.717, 1.165) is 11.0 Å². The number of ether oxygens (including phenoxy) is 3. The summed E-state index contributed by atoms with van der Waals surface area (Å²) in [6, 6.07) is 0.